The third-order valence-corrected chi connectivity index (χ3v) is 3.73. The molecule has 22 heavy (non-hydrogen) atoms. The van der Waals surface area contributed by atoms with Crippen LogP contribution in [0.3, 0.4) is 0 Å². The van der Waals surface area contributed by atoms with Gasteiger partial charge in [-0.05, 0) is 24.3 Å². The van der Waals surface area contributed by atoms with Crippen LogP contribution < -0.4 is 0 Å². The van der Waals surface area contributed by atoms with E-state index in [1.54, 1.807) is 6.20 Å². The van der Waals surface area contributed by atoms with E-state index in [-0.39, 0.29) is 0 Å². The van der Waals surface area contributed by atoms with Gasteiger partial charge in [0.2, 0.25) is 0 Å². The summed E-state index contributed by atoms with van der Waals surface area (Å²) in [6, 6.07) is 11.8. The molecule has 0 atom stereocenters. The first-order chi connectivity index (χ1) is 10.9. The predicted octanol–water partition coefficient (Wildman–Crippen LogP) is 3.05. The zero-order valence-electron chi connectivity index (χ0n) is 11.4. The minimum atomic E-state index is 0.713. The van der Waals surface area contributed by atoms with E-state index in [0.717, 1.165) is 38.7 Å². The molecule has 6 nitrogen and oxygen atoms in total. The van der Waals surface area contributed by atoms with Crippen LogP contribution in [0.5, 0.6) is 0 Å². The van der Waals surface area contributed by atoms with Crippen molar-refractivity contribution in [2.45, 2.75) is 0 Å². The van der Waals surface area contributed by atoms with Crippen LogP contribution in [0.15, 0.2) is 48.8 Å². The standard InChI is InChI=1S/C16H10N6/c1-2-4-11-10(3-1)17-8-15(19-11)16-20-13-5-9-7-18-22-12(9)6-14(13)21-16/h1-8H,(H,18,22)(H,20,21). The maximum atomic E-state index is 4.62. The van der Waals surface area contributed by atoms with Gasteiger partial charge in [0, 0.05) is 11.6 Å². The van der Waals surface area contributed by atoms with Crippen molar-refractivity contribution < 1.29 is 0 Å². The number of nitrogens with one attached hydrogen (secondary N) is 2. The predicted molar refractivity (Wildman–Crippen MR) is 84.3 cm³/mol. The van der Waals surface area contributed by atoms with Crippen molar-refractivity contribution in [3.05, 3.63) is 48.8 Å². The molecule has 3 aromatic heterocycles. The number of fused-ring (bicyclic) bond motifs is 3. The second-order valence-corrected chi connectivity index (χ2v) is 5.14. The van der Waals surface area contributed by atoms with Crippen molar-refractivity contribution in [3.8, 4) is 11.5 Å². The van der Waals surface area contributed by atoms with E-state index in [4.69, 9.17) is 0 Å². The van der Waals surface area contributed by atoms with Crippen molar-refractivity contribution in [1.82, 2.24) is 30.1 Å². The topological polar surface area (TPSA) is 83.1 Å². The van der Waals surface area contributed by atoms with Crippen LogP contribution in [0.1, 0.15) is 0 Å². The Kier molecular flexibility index (Phi) is 2.13. The van der Waals surface area contributed by atoms with E-state index in [9.17, 15) is 0 Å². The van der Waals surface area contributed by atoms with Gasteiger partial charge in [0.1, 0.15) is 5.69 Å². The molecule has 5 aromatic rings. The lowest BCUT2D eigenvalue weighted by Gasteiger charge is -1.98. The fourth-order valence-electron chi connectivity index (χ4n) is 2.64. The van der Waals surface area contributed by atoms with E-state index < -0.39 is 0 Å². The summed E-state index contributed by atoms with van der Waals surface area (Å²) in [5.74, 6) is 0.713. The number of hydrogen-bond acceptors (Lipinski definition) is 4. The number of H-pyrrole nitrogens is 2. The molecule has 5 rings (SSSR count). The van der Waals surface area contributed by atoms with Crippen LogP contribution in [0.2, 0.25) is 0 Å². The zero-order valence-corrected chi connectivity index (χ0v) is 11.4. The Balaban J connectivity index is 1.73. The summed E-state index contributed by atoms with van der Waals surface area (Å²) >= 11 is 0. The minimum absolute atomic E-state index is 0.713. The molecule has 0 aliphatic heterocycles. The summed E-state index contributed by atoms with van der Waals surface area (Å²) in [7, 11) is 0. The van der Waals surface area contributed by atoms with E-state index >= 15 is 0 Å². The van der Waals surface area contributed by atoms with E-state index in [2.05, 4.69) is 30.1 Å². The summed E-state index contributed by atoms with van der Waals surface area (Å²) < 4.78 is 0. The number of para-hydroxylation sites is 2. The average molecular weight is 286 g/mol. The normalized spacial score (nSPS) is 11.6. The second kappa shape index (κ2) is 4.11. The van der Waals surface area contributed by atoms with Gasteiger partial charge in [0.25, 0.3) is 0 Å². The van der Waals surface area contributed by atoms with Crippen LogP contribution in [-0.4, -0.2) is 30.1 Å². The molecule has 0 spiro atoms. The molecule has 0 fully saturated rings. The molecule has 6 heteroatoms. The fourth-order valence-corrected chi connectivity index (χ4v) is 2.64. The quantitative estimate of drug-likeness (QED) is 0.496. The Labute approximate surface area is 124 Å². The molecule has 0 radical (unpaired) electrons. The lowest BCUT2D eigenvalue weighted by atomic mass is 10.2. The molecule has 0 aliphatic rings. The summed E-state index contributed by atoms with van der Waals surface area (Å²) in [5, 5.41) is 8.08. The molecular weight excluding hydrogens is 276 g/mol. The van der Waals surface area contributed by atoms with Crippen molar-refractivity contribution in [2.24, 2.45) is 0 Å². The van der Waals surface area contributed by atoms with Gasteiger partial charge in [0.15, 0.2) is 5.82 Å². The van der Waals surface area contributed by atoms with Crippen molar-refractivity contribution in [2.75, 3.05) is 0 Å². The number of rotatable bonds is 1. The van der Waals surface area contributed by atoms with Gasteiger partial charge >= 0.3 is 0 Å². The molecule has 0 unspecified atom stereocenters. The van der Waals surface area contributed by atoms with E-state index in [0.29, 0.717) is 5.82 Å². The number of hydrogen-bond donors (Lipinski definition) is 2. The largest absolute Gasteiger partial charge is 0.337 e. The number of aromatic nitrogens is 6. The van der Waals surface area contributed by atoms with Crippen molar-refractivity contribution in [1.29, 1.82) is 0 Å². The highest BCUT2D eigenvalue weighted by atomic mass is 15.1. The second-order valence-electron chi connectivity index (χ2n) is 5.14. The fraction of sp³-hybridized carbons (Fsp3) is 0. The third kappa shape index (κ3) is 1.61. The molecule has 0 amide bonds. The van der Waals surface area contributed by atoms with Crippen LogP contribution in [0, 0.1) is 0 Å². The van der Waals surface area contributed by atoms with Crippen molar-refractivity contribution in [3.63, 3.8) is 0 Å². The van der Waals surface area contributed by atoms with Gasteiger partial charge in [-0.15, -0.1) is 0 Å². The Morgan fingerprint density at radius 1 is 0.864 bits per heavy atom. The van der Waals surface area contributed by atoms with Gasteiger partial charge < -0.3 is 4.98 Å². The maximum Gasteiger partial charge on any atom is 0.158 e. The van der Waals surface area contributed by atoms with Gasteiger partial charge in [-0.3, -0.25) is 10.1 Å². The van der Waals surface area contributed by atoms with Crippen LogP contribution in [-0.2, 0) is 0 Å². The van der Waals surface area contributed by atoms with Gasteiger partial charge in [-0.2, -0.15) is 5.10 Å². The Morgan fingerprint density at radius 3 is 2.73 bits per heavy atom. The lowest BCUT2D eigenvalue weighted by molar-refractivity contribution is 1.12. The molecule has 104 valence electrons. The van der Waals surface area contributed by atoms with Gasteiger partial charge in [0.05, 0.1) is 33.8 Å². The zero-order chi connectivity index (χ0) is 14.5. The first-order valence-corrected chi connectivity index (χ1v) is 6.92. The monoisotopic (exact) mass is 286 g/mol. The maximum absolute atomic E-state index is 4.62. The van der Waals surface area contributed by atoms with Gasteiger partial charge in [-0.1, -0.05) is 12.1 Å². The van der Waals surface area contributed by atoms with Gasteiger partial charge in [-0.25, -0.2) is 9.97 Å². The summed E-state index contributed by atoms with van der Waals surface area (Å²) in [5.41, 5.74) is 5.20. The Bertz CT molecular complexity index is 1090. The summed E-state index contributed by atoms with van der Waals surface area (Å²) in [6.07, 6.45) is 3.60. The number of aromatic amines is 2. The minimum Gasteiger partial charge on any atom is -0.337 e. The first kappa shape index (κ1) is 11.4. The van der Waals surface area contributed by atoms with Crippen LogP contribution in [0.25, 0.3) is 44.5 Å². The molecule has 0 aliphatic carbocycles. The molecule has 2 N–H and O–H groups in total. The summed E-state index contributed by atoms with van der Waals surface area (Å²) in [4.78, 5) is 17.0. The molecule has 0 saturated carbocycles. The smallest absolute Gasteiger partial charge is 0.158 e. The SMILES string of the molecule is c1ccc2nc(-c3nc4cc5c[nH]nc5cc4[nH]3)cnc2c1. The molecular formula is C16H10N6. The average Bonchev–Trinajstić information content (AvgIpc) is 3.17. The number of benzene rings is 2. The highest BCUT2D eigenvalue weighted by Gasteiger charge is 2.09. The summed E-state index contributed by atoms with van der Waals surface area (Å²) in [6.45, 7) is 0. The number of imidazole rings is 1. The highest BCUT2D eigenvalue weighted by Crippen LogP contribution is 2.23. The third-order valence-electron chi connectivity index (χ3n) is 3.73. The van der Waals surface area contributed by atoms with E-state index in [1.807, 2.05) is 42.6 Å². The van der Waals surface area contributed by atoms with Crippen LogP contribution in [0.4, 0.5) is 0 Å². The Hall–Kier alpha value is -3.28. The van der Waals surface area contributed by atoms with E-state index in [1.165, 1.54) is 0 Å². The lowest BCUT2D eigenvalue weighted by Crippen LogP contribution is -1.89. The van der Waals surface area contributed by atoms with Crippen LogP contribution >= 0.6 is 0 Å². The first-order valence-electron chi connectivity index (χ1n) is 6.92. The molecule has 0 saturated heterocycles. The molecule has 3 heterocycles. The molecule has 2 aromatic carbocycles. The highest BCUT2D eigenvalue weighted by molar-refractivity contribution is 5.93. The Morgan fingerprint density at radius 2 is 1.77 bits per heavy atom. The van der Waals surface area contributed by atoms with Crippen molar-refractivity contribution >= 4 is 33.0 Å². The number of nitrogens with zero attached hydrogens (tertiary/aromatic N) is 4. The molecule has 0 bridgehead atoms.